The van der Waals surface area contributed by atoms with Crippen LogP contribution in [-0.4, -0.2) is 25.6 Å². The average Bonchev–Trinajstić information content (AvgIpc) is 2.42. The number of nitrogens with zero attached hydrogens (tertiary/aromatic N) is 1. The summed E-state index contributed by atoms with van der Waals surface area (Å²) >= 11 is 0. The zero-order valence-corrected chi connectivity index (χ0v) is 16.1. The van der Waals surface area contributed by atoms with Crippen LogP contribution >= 0.6 is 0 Å². The monoisotopic (exact) mass is 325 g/mol. The first-order chi connectivity index (χ1) is 9.96. The summed E-state index contributed by atoms with van der Waals surface area (Å²) in [5, 5.41) is 0. The molecule has 0 N–H and O–H groups in total. The van der Waals surface area contributed by atoms with Gasteiger partial charge in [-0.25, -0.2) is 0 Å². The summed E-state index contributed by atoms with van der Waals surface area (Å²) in [7, 11) is 7.00. The number of hydrogen-bond acceptors (Lipinski definition) is 0. The molecule has 0 spiro atoms. The minimum Gasteiger partial charge on any atom is -1.00 e. The van der Waals surface area contributed by atoms with Crippen LogP contribution in [0.2, 0.25) is 0 Å². The molecule has 128 valence electrons. The van der Waals surface area contributed by atoms with Crippen molar-refractivity contribution >= 4 is 0 Å². The maximum Gasteiger partial charge on any atom is 0.114 e. The maximum atomic E-state index is 2.33. The van der Waals surface area contributed by atoms with Crippen LogP contribution in [0.3, 0.4) is 0 Å². The highest BCUT2D eigenvalue weighted by Crippen LogP contribution is 2.31. The quantitative estimate of drug-likeness (QED) is 0.458. The number of halogens is 1. The van der Waals surface area contributed by atoms with Crippen molar-refractivity contribution in [2.45, 2.75) is 71.3 Å². The SMILES string of the molecule is CCCCCCCCCC(c1ccccc1C)[N+](C)(C)C.[Cl-]. The van der Waals surface area contributed by atoms with Crippen LogP contribution in [0.5, 0.6) is 0 Å². The summed E-state index contributed by atoms with van der Waals surface area (Å²) < 4.78 is 1.03. The van der Waals surface area contributed by atoms with Crippen molar-refractivity contribution in [3.05, 3.63) is 35.4 Å². The van der Waals surface area contributed by atoms with Crippen LogP contribution < -0.4 is 12.4 Å². The lowest BCUT2D eigenvalue weighted by Crippen LogP contribution is -3.00. The summed E-state index contributed by atoms with van der Waals surface area (Å²) in [6.07, 6.45) is 11.1. The van der Waals surface area contributed by atoms with Crippen LogP contribution in [0.1, 0.15) is 75.5 Å². The van der Waals surface area contributed by atoms with Gasteiger partial charge in [0.15, 0.2) is 0 Å². The van der Waals surface area contributed by atoms with Crippen molar-refractivity contribution in [1.29, 1.82) is 0 Å². The molecule has 1 nitrogen and oxygen atoms in total. The molecule has 0 aliphatic carbocycles. The molecule has 0 saturated heterocycles. The van der Waals surface area contributed by atoms with Gasteiger partial charge in [0.25, 0.3) is 0 Å². The maximum absolute atomic E-state index is 2.33. The van der Waals surface area contributed by atoms with Gasteiger partial charge in [-0.3, -0.25) is 0 Å². The molecule has 0 bridgehead atoms. The van der Waals surface area contributed by atoms with Crippen molar-refractivity contribution in [2.75, 3.05) is 21.1 Å². The lowest BCUT2D eigenvalue weighted by molar-refractivity contribution is -0.902. The Hall–Kier alpha value is -0.530. The number of unbranched alkanes of at least 4 members (excludes halogenated alkanes) is 6. The van der Waals surface area contributed by atoms with E-state index in [0.29, 0.717) is 6.04 Å². The predicted molar refractivity (Wildman–Crippen MR) is 94.6 cm³/mol. The summed E-state index contributed by atoms with van der Waals surface area (Å²) in [4.78, 5) is 0. The van der Waals surface area contributed by atoms with Gasteiger partial charge >= 0.3 is 0 Å². The third-order valence-corrected chi connectivity index (χ3v) is 4.56. The van der Waals surface area contributed by atoms with Crippen molar-refractivity contribution in [1.82, 2.24) is 0 Å². The van der Waals surface area contributed by atoms with Gasteiger partial charge in [0.2, 0.25) is 0 Å². The first-order valence-corrected chi connectivity index (χ1v) is 8.83. The van der Waals surface area contributed by atoms with Crippen LogP contribution in [-0.2, 0) is 0 Å². The number of hydrogen-bond donors (Lipinski definition) is 0. The molecule has 1 atom stereocenters. The van der Waals surface area contributed by atoms with E-state index in [9.17, 15) is 0 Å². The molecule has 1 unspecified atom stereocenters. The highest BCUT2D eigenvalue weighted by molar-refractivity contribution is 5.27. The van der Waals surface area contributed by atoms with Gasteiger partial charge in [-0.05, 0) is 18.9 Å². The summed E-state index contributed by atoms with van der Waals surface area (Å²) in [6.45, 7) is 4.54. The van der Waals surface area contributed by atoms with Gasteiger partial charge in [0, 0.05) is 12.0 Å². The zero-order chi connectivity index (χ0) is 15.7. The molecule has 0 aliphatic rings. The number of rotatable bonds is 10. The van der Waals surface area contributed by atoms with Gasteiger partial charge in [-0.2, -0.15) is 0 Å². The molecule has 0 fully saturated rings. The zero-order valence-electron chi connectivity index (χ0n) is 15.4. The van der Waals surface area contributed by atoms with E-state index in [4.69, 9.17) is 0 Å². The molecule has 1 rings (SSSR count). The second-order valence-electron chi connectivity index (χ2n) is 7.40. The Morgan fingerprint density at radius 1 is 0.864 bits per heavy atom. The van der Waals surface area contributed by atoms with Crippen molar-refractivity contribution in [3.8, 4) is 0 Å². The molecular formula is C20H36ClN. The Kier molecular flexibility index (Phi) is 10.8. The van der Waals surface area contributed by atoms with Crippen LogP contribution in [0.25, 0.3) is 0 Å². The normalized spacial score (nSPS) is 12.8. The second kappa shape index (κ2) is 11.1. The van der Waals surface area contributed by atoms with E-state index in [1.54, 1.807) is 0 Å². The predicted octanol–water partition coefficient (Wildman–Crippen LogP) is 2.89. The van der Waals surface area contributed by atoms with Gasteiger partial charge < -0.3 is 16.9 Å². The Balaban J connectivity index is 0.00000441. The van der Waals surface area contributed by atoms with Crippen molar-refractivity contribution in [2.24, 2.45) is 0 Å². The Morgan fingerprint density at radius 3 is 1.95 bits per heavy atom. The molecular weight excluding hydrogens is 290 g/mol. The van der Waals surface area contributed by atoms with Gasteiger partial charge in [0.05, 0.1) is 21.1 Å². The molecule has 1 aromatic rings. The molecule has 0 aromatic heterocycles. The molecule has 22 heavy (non-hydrogen) atoms. The number of quaternary nitrogens is 1. The standard InChI is InChI=1S/C20H36N.ClH/c1-6-7-8-9-10-11-12-17-20(21(3,4)5)19-16-14-13-15-18(19)2;/h13-16,20H,6-12,17H2,1-5H3;1H/q+1;/p-1. The molecule has 0 aliphatic heterocycles. The summed E-state index contributed by atoms with van der Waals surface area (Å²) in [5.41, 5.74) is 2.98. The van der Waals surface area contributed by atoms with E-state index in [-0.39, 0.29) is 12.4 Å². The molecule has 1 aromatic carbocycles. The van der Waals surface area contributed by atoms with Gasteiger partial charge in [-0.1, -0.05) is 69.7 Å². The van der Waals surface area contributed by atoms with Crippen molar-refractivity contribution in [3.63, 3.8) is 0 Å². The first kappa shape index (κ1) is 21.5. The molecule has 0 radical (unpaired) electrons. The van der Waals surface area contributed by atoms with Gasteiger partial charge in [0.1, 0.15) is 6.04 Å². The summed E-state index contributed by atoms with van der Waals surface area (Å²) in [6, 6.07) is 9.55. The average molecular weight is 326 g/mol. The Morgan fingerprint density at radius 2 is 1.41 bits per heavy atom. The molecule has 2 heteroatoms. The largest absolute Gasteiger partial charge is 1.00 e. The fraction of sp³-hybridized carbons (Fsp3) is 0.700. The van der Waals surface area contributed by atoms with E-state index in [1.807, 2.05) is 0 Å². The van der Waals surface area contributed by atoms with E-state index in [1.165, 1.54) is 62.5 Å². The van der Waals surface area contributed by atoms with Crippen LogP contribution in [0.4, 0.5) is 0 Å². The minimum atomic E-state index is 0. The second-order valence-corrected chi connectivity index (χ2v) is 7.40. The van der Waals surface area contributed by atoms with Crippen LogP contribution in [0, 0.1) is 6.92 Å². The van der Waals surface area contributed by atoms with Gasteiger partial charge in [-0.15, -0.1) is 0 Å². The number of aryl methyl sites for hydroxylation is 1. The van der Waals surface area contributed by atoms with Crippen LogP contribution in [0.15, 0.2) is 24.3 Å². The number of benzene rings is 1. The fourth-order valence-electron chi connectivity index (χ4n) is 3.22. The van der Waals surface area contributed by atoms with Crippen molar-refractivity contribution < 1.29 is 16.9 Å². The Bertz CT molecular complexity index is 395. The highest BCUT2D eigenvalue weighted by Gasteiger charge is 2.26. The third-order valence-electron chi connectivity index (χ3n) is 4.56. The molecule has 0 heterocycles. The summed E-state index contributed by atoms with van der Waals surface area (Å²) in [5.74, 6) is 0. The lowest BCUT2D eigenvalue weighted by atomic mass is 9.94. The van der Waals surface area contributed by atoms with E-state index >= 15 is 0 Å². The Labute approximate surface area is 145 Å². The van der Waals surface area contributed by atoms with E-state index in [0.717, 1.165) is 4.48 Å². The molecule has 0 saturated carbocycles. The lowest BCUT2D eigenvalue weighted by Gasteiger charge is -2.35. The first-order valence-electron chi connectivity index (χ1n) is 8.83. The highest BCUT2D eigenvalue weighted by atomic mass is 35.5. The topological polar surface area (TPSA) is 0 Å². The van der Waals surface area contributed by atoms with E-state index < -0.39 is 0 Å². The fourth-order valence-corrected chi connectivity index (χ4v) is 3.22. The minimum absolute atomic E-state index is 0. The molecule has 0 amide bonds. The van der Waals surface area contributed by atoms with E-state index in [2.05, 4.69) is 59.3 Å². The third kappa shape index (κ3) is 7.65. The smallest absolute Gasteiger partial charge is 0.114 e.